The van der Waals surface area contributed by atoms with E-state index in [4.69, 9.17) is 4.74 Å². The van der Waals surface area contributed by atoms with Crippen LogP contribution in [0.4, 0.5) is 0 Å². The van der Waals surface area contributed by atoms with Crippen molar-refractivity contribution in [3.63, 3.8) is 0 Å². The van der Waals surface area contributed by atoms with Crippen LogP contribution < -0.4 is 5.32 Å². The van der Waals surface area contributed by atoms with Crippen LogP contribution in [-0.4, -0.2) is 61.2 Å². The summed E-state index contributed by atoms with van der Waals surface area (Å²) in [5.41, 5.74) is 0. The first kappa shape index (κ1) is 15.8. The van der Waals surface area contributed by atoms with Gasteiger partial charge in [-0.15, -0.1) is 0 Å². The molecular formula is C13H26N2O2S. The van der Waals surface area contributed by atoms with Gasteiger partial charge in [-0.1, -0.05) is 6.92 Å². The zero-order valence-corrected chi connectivity index (χ0v) is 12.6. The van der Waals surface area contributed by atoms with Gasteiger partial charge in [0, 0.05) is 50.2 Å². The lowest BCUT2D eigenvalue weighted by atomic mass is 10.1. The highest BCUT2D eigenvalue weighted by Gasteiger charge is 2.23. The van der Waals surface area contributed by atoms with Gasteiger partial charge in [0.25, 0.3) is 0 Å². The van der Waals surface area contributed by atoms with E-state index in [2.05, 4.69) is 19.2 Å². The summed E-state index contributed by atoms with van der Waals surface area (Å²) in [6.45, 7) is 6.56. The van der Waals surface area contributed by atoms with Crippen LogP contribution in [0.5, 0.6) is 0 Å². The van der Waals surface area contributed by atoms with Crippen LogP contribution in [0.2, 0.25) is 0 Å². The van der Waals surface area contributed by atoms with Gasteiger partial charge in [-0.05, 0) is 13.3 Å². The largest absolute Gasteiger partial charge is 0.383 e. The number of hydrogen-bond acceptors (Lipinski definition) is 4. The number of methoxy groups -OCH3 is 1. The van der Waals surface area contributed by atoms with Gasteiger partial charge in [-0.3, -0.25) is 4.79 Å². The first-order valence-corrected chi connectivity index (χ1v) is 7.94. The van der Waals surface area contributed by atoms with E-state index in [1.165, 1.54) is 0 Å². The Labute approximate surface area is 115 Å². The van der Waals surface area contributed by atoms with Crippen molar-refractivity contribution in [2.24, 2.45) is 0 Å². The summed E-state index contributed by atoms with van der Waals surface area (Å²) in [6.07, 6.45) is 1.60. The summed E-state index contributed by atoms with van der Waals surface area (Å²) in [5.74, 6) is 2.45. The molecular weight excluding hydrogens is 248 g/mol. The Balaban J connectivity index is 2.46. The number of amides is 1. The fourth-order valence-corrected chi connectivity index (χ4v) is 3.03. The van der Waals surface area contributed by atoms with Crippen LogP contribution in [0, 0.1) is 0 Å². The molecule has 18 heavy (non-hydrogen) atoms. The summed E-state index contributed by atoms with van der Waals surface area (Å²) < 4.78 is 5.09. The molecule has 0 aromatic rings. The molecule has 1 rings (SSSR count). The number of rotatable bonds is 7. The normalized spacial score (nSPS) is 21.6. The van der Waals surface area contributed by atoms with Crippen molar-refractivity contribution >= 4 is 17.7 Å². The molecule has 0 aliphatic carbocycles. The smallest absolute Gasteiger partial charge is 0.224 e. The highest BCUT2D eigenvalue weighted by molar-refractivity contribution is 7.99. The molecule has 2 unspecified atom stereocenters. The Hall–Kier alpha value is -0.260. The second-order valence-electron chi connectivity index (χ2n) is 4.77. The molecule has 5 heteroatoms. The van der Waals surface area contributed by atoms with Gasteiger partial charge >= 0.3 is 0 Å². The Morgan fingerprint density at radius 1 is 1.61 bits per heavy atom. The molecule has 1 aliphatic heterocycles. The molecule has 0 saturated carbocycles. The van der Waals surface area contributed by atoms with Crippen LogP contribution in [-0.2, 0) is 9.53 Å². The lowest BCUT2D eigenvalue weighted by Gasteiger charge is -2.31. The number of nitrogens with zero attached hydrogens (tertiary/aromatic N) is 1. The maximum atomic E-state index is 12.3. The highest BCUT2D eigenvalue weighted by atomic mass is 32.2. The fourth-order valence-electron chi connectivity index (χ4n) is 2.08. The molecule has 0 aromatic carbocycles. The minimum absolute atomic E-state index is 0.251. The standard InChI is InChI=1S/C13H26N2O2S/c1-4-11(2)15(6-7-17-3)13(16)9-12-10-18-8-5-14-12/h11-12,14H,4-10H2,1-3H3. The molecule has 1 heterocycles. The molecule has 1 fully saturated rings. The summed E-state index contributed by atoms with van der Waals surface area (Å²) in [4.78, 5) is 14.3. The molecule has 0 spiro atoms. The van der Waals surface area contributed by atoms with Crippen molar-refractivity contribution in [2.45, 2.75) is 38.8 Å². The minimum atomic E-state index is 0.251. The van der Waals surface area contributed by atoms with Crippen LogP contribution in [0.25, 0.3) is 0 Å². The van der Waals surface area contributed by atoms with Crippen molar-refractivity contribution in [1.82, 2.24) is 10.2 Å². The predicted molar refractivity (Wildman–Crippen MR) is 77.1 cm³/mol. The molecule has 2 atom stereocenters. The maximum Gasteiger partial charge on any atom is 0.224 e. The van der Waals surface area contributed by atoms with E-state index in [0.717, 1.165) is 24.5 Å². The minimum Gasteiger partial charge on any atom is -0.383 e. The van der Waals surface area contributed by atoms with Crippen molar-refractivity contribution in [2.75, 3.05) is 38.3 Å². The maximum absolute atomic E-state index is 12.3. The van der Waals surface area contributed by atoms with Gasteiger partial charge in [0.15, 0.2) is 0 Å². The number of nitrogens with one attached hydrogen (secondary N) is 1. The van der Waals surface area contributed by atoms with Crippen molar-refractivity contribution < 1.29 is 9.53 Å². The molecule has 106 valence electrons. The number of ether oxygens (including phenoxy) is 1. The second kappa shape index (κ2) is 8.77. The average Bonchev–Trinajstić information content (AvgIpc) is 2.40. The van der Waals surface area contributed by atoms with Gasteiger partial charge in [0.05, 0.1) is 6.61 Å². The number of carbonyl (C=O) groups is 1. The Morgan fingerprint density at radius 3 is 2.94 bits per heavy atom. The van der Waals surface area contributed by atoms with E-state index in [0.29, 0.717) is 31.7 Å². The third kappa shape index (κ3) is 5.16. The average molecular weight is 274 g/mol. The molecule has 4 nitrogen and oxygen atoms in total. The van der Waals surface area contributed by atoms with E-state index >= 15 is 0 Å². The third-order valence-electron chi connectivity index (χ3n) is 3.40. The van der Waals surface area contributed by atoms with Crippen molar-refractivity contribution in [3.05, 3.63) is 0 Å². The third-order valence-corrected chi connectivity index (χ3v) is 4.53. The van der Waals surface area contributed by atoms with Crippen LogP contribution in [0.1, 0.15) is 26.7 Å². The second-order valence-corrected chi connectivity index (χ2v) is 5.92. The van der Waals surface area contributed by atoms with E-state index in [1.54, 1.807) is 7.11 Å². The lowest BCUT2D eigenvalue weighted by Crippen LogP contribution is -2.46. The Morgan fingerprint density at radius 2 is 2.39 bits per heavy atom. The zero-order valence-electron chi connectivity index (χ0n) is 11.8. The fraction of sp³-hybridized carbons (Fsp3) is 0.923. The number of carbonyl (C=O) groups excluding carboxylic acids is 1. The zero-order chi connectivity index (χ0) is 13.4. The molecule has 0 radical (unpaired) electrons. The molecule has 1 N–H and O–H groups in total. The Bertz CT molecular complexity index is 245. The van der Waals surface area contributed by atoms with Crippen molar-refractivity contribution in [1.29, 1.82) is 0 Å². The highest BCUT2D eigenvalue weighted by Crippen LogP contribution is 2.13. The Kier molecular flexibility index (Phi) is 7.70. The summed E-state index contributed by atoms with van der Waals surface area (Å²) >= 11 is 1.93. The van der Waals surface area contributed by atoms with Crippen LogP contribution in [0.3, 0.4) is 0 Å². The predicted octanol–water partition coefficient (Wildman–Crippen LogP) is 1.35. The topological polar surface area (TPSA) is 41.6 Å². The molecule has 1 saturated heterocycles. The van der Waals surface area contributed by atoms with E-state index < -0.39 is 0 Å². The van der Waals surface area contributed by atoms with Gasteiger partial charge < -0.3 is 15.0 Å². The van der Waals surface area contributed by atoms with Gasteiger partial charge in [0.1, 0.15) is 0 Å². The van der Waals surface area contributed by atoms with Crippen LogP contribution >= 0.6 is 11.8 Å². The van der Waals surface area contributed by atoms with Gasteiger partial charge in [-0.25, -0.2) is 0 Å². The number of thioether (sulfide) groups is 1. The van der Waals surface area contributed by atoms with E-state index in [-0.39, 0.29) is 5.91 Å². The quantitative estimate of drug-likeness (QED) is 0.761. The number of hydrogen-bond donors (Lipinski definition) is 1. The van der Waals surface area contributed by atoms with Crippen molar-refractivity contribution in [3.8, 4) is 0 Å². The first-order chi connectivity index (χ1) is 8.69. The van der Waals surface area contributed by atoms with Crippen LogP contribution in [0.15, 0.2) is 0 Å². The molecule has 1 amide bonds. The van der Waals surface area contributed by atoms with Gasteiger partial charge in [0.2, 0.25) is 5.91 Å². The molecule has 1 aliphatic rings. The molecule has 0 aromatic heterocycles. The lowest BCUT2D eigenvalue weighted by molar-refractivity contribution is -0.134. The summed E-state index contributed by atoms with van der Waals surface area (Å²) in [6, 6.07) is 0.634. The van der Waals surface area contributed by atoms with E-state index in [9.17, 15) is 4.79 Å². The SMILES string of the molecule is CCC(C)N(CCOC)C(=O)CC1CSCCN1. The summed E-state index contributed by atoms with van der Waals surface area (Å²) in [7, 11) is 1.68. The first-order valence-electron chi connectivity index (χ1n) is 6.78. The molecule has 0 bridgehead atoms. The van der Waals surface area contributed by atoms with Gasteiger partial charge in [-0.2, -0.15) is 11.8 Å². The van der Waals surface area contributed by atoms with E-state index in [1.807, 2.05) is 16.7 Å². The summed E-state index contributed by atoms with van der Waals surface area (Å²) in [5, 5.41) is 3.42. The monoisotopic (exact) mass is 274 g/mol.